The number of allylic oxidation sites excluding steroid dienone is 3. The van der Waals surface area contributed by atoms with Crippen LogP contribution in [0.5, 0.6) is 0 Å². The maximum atomic E-state index is 11.9. The summed E-state index contributed by atoms with van der Waals surface area (Å²) in [5, 5.41) is 2.91. The highest BCUT2D eigenvalue weighted by atomic mass is 16.5. The summed E-state index contributed by atoms with van der Waals surface area (Å²) in [7, 11) is 0. The molecule has 3 heteroatoms. The van der Waals surface area contributed by atoms with E-state index in [1.165, 1.54) is 6.42 Å². The van der Waals surface area contributed by atoms with Crippen molar-refractivity contribution in [1.82, 2.24) is 5.32 Å². The van der Waals surface area contributed by atoms with Gasteiger partial charge < -0.3 is 10.1 Å². The van der Waals surface area contributed by atoms with E-state index < -0.39 is 0 Å². The molecule has 0 saturated heterocycles. The number of amides is 1. The molecule has 0 aromatic rings. The molecule has 0 aromatic carbocycles. The van der Waals surface area contributed by atoms with Gasteiger partial charge in [0.2, 0.25) is 5.91 Å². The van der Waals surface area contributed by atoms with Gasteiger partial charge in [-0.2, -0.15) is 0 Å². The molecular weight excluding hydrogens is 262 g/mol. The summed E-state index contributed by atoms with van der Waals surface area (Å²) in [5.74, 6) is 0.770. The molecule has 0 radical (unpaired) electrons. The molecule has 0 atom stereocenters. The van der Waals surface area contributed by atoms with Crippen LogP contribution < -0.4 is 5.32 Å². The molecule has 0 aliphatic heterocycles. The predicted octanol–water partition coefficient (Wildman–Crippen LogP) is 4.51. The van der Waals surface area contributed by atoms with Crippen LogP contribution in [0.4, 0.5) is 0 Å². The lowest BCUT2D eigenvalue weighted by atomic mass is 10.1. The zero-order valence-electron chi connectivity index (χ0n) is 14.3. The summed E-state index contributed by atoms with van der Waals surface area (Å²) < 4.78 is 5.71. The highest BCUT2D eigenvalue weighted by molar-refractivity contribution is 5.79. The average molecular weight is 293 g/mol. The first-order valence-corrected chi connectivity index (χ1v) is 7.83. The van der Waals surface area contributed by atoms with Crippen molar-refractivity contribution in [3.05, 3.63) is 35.6 Å². The second-order valence-corrected chi connectivity index (χ2v) is 5.73. The van der Waals surface area contributed by atoms with Gasteiger partial charge in [0.15, 0.2) is 0 Å². The van der Waals surface area contributed by atoms with Crippen molar-refractivity contribution < 1.29 is 9.53 Å². The van der Waals surface area contributed by atoms with Crippen molar-refractivity contribution in [2.24, 2.45) is 0 Å². The molecule has 0 rings (SSSR count). The van der Waals surface area contributed by atoms with E-state index in [-0.39, 0.29) is 11.9 Å². The highest BCUT2D eigenvalue weighted by Crippen LogP contribution is 2.15. The van der Waals surface area contributed by atoms with Crippen molar-refractivity contribution in [1.29, 1.82) is 0 Å². The molecule has 21 heavy (non-hydrogen) atoms. The Hall–Kier alpha value is -1.51. The van der Waals surface area contributed by atoms with Gasteiger partial charge in [-0.25, -0.2) is 0 Å². The summed E-state index contributed by atoms with van der Waals surface area (Å²) in [6.45, 7) is 14.6. The largest absolute Gasteiger partial charge is 0.494 e. The molecule has 120 valence electrons. The van der Waals surface area contributed by atoms with Crippen LogP contribution in [0.25, 0.3) is 0 Å². The lowest BCUT2D eigenvalue weighted by Gasteiger charge is -2.12. The van der Waals surface area contributed by atoms with E-state index in [2.05, 4.69) is 18.8 Å². The molecule has 0 heterocycles. The van der Waals surface area contributed by atoms with Crippen molar-refractivity contribution in [3.63, 3.8) is 0 Å². The van der Waals surface area contributed by atoms with Gasteiger partial charge >= 0.3 is 0 Å². The second kappa shape index (κ2) is 11.2. The van der Waals surface area contributed by atoms with Crippen LogP contribution >= 0.6 is 0 Å². The highest BCUT2D eigenvalue weighted by Gasteiger charge is 2.08. The number of hydrogen-bond acceptors (Lipinski definition) is 2. The Bertz CT molecular complexity index is 388. The van der Waals surface area contributed by atoms with Crippen molar-refractivity contribution >= 4 is 5.91 Å². The van der Waals surface area contributed by atoms with Gasteiger partial charge in [-0.05, 0) is 51.8 Å². The zero-order chi connectivity index (χ0) is 16.3. The SMILES string of the molecule is C=C/C(=C\C(CC(=O)NC(C)C)=C(C)C)OCCCCC. The summed E-state index contributed by atoms with van der Waals surface area (Å²) in [4.78, 5) is 11.9. The molecule has 0 bridgehead atoms. The minimum Gasteiger partial charge on any atom is -0.494 e. The van der Waals surface area contributed by atoms with E-state index in [1.807, 2.05) is 33.8 Å². The Morgan fingerprint density at radius 2 is 1.95 bits per heavy atom. The van der Waals surface area contributed by atoms with E-state index in [0.717, 1.165) is 29.7 Å². The molecule has 0 fully saturated rings. The summed E-state index contributed by atoms with van der Waals surface area (Å²) in [6, 6.07) is 0.157. The quantitative estimate of drug-likeness (QED) is 0.365. The minimum atomic E-state index is 0.0341. The first-order valence-electron chi connectivity index (χ1n) is 7.83. The predicted molar refractivity (Wildman–Crippen MR) is 90.0 cm³/mol. The number of carbonyl (C=O) groups is 1. The maximum Gasteiger partial charge on any atom is 0.224 e. The van der Waals surface area contributed by atoms with Gasteiger partial charge in [0.1, 0.15) is 5.76 Å². The van der Waals surface area contributed by atoms with Gasteiger partial charge in [-0.3, -0.25) is 4.79 Å². The van der Waals surface area contributed by atoms with E-state index in [9.17, 15) is 4.79 Å². The number of unbranched alkanes of at least 4 members (excludes halogenated alkanes) is 2. The van der Waals surface area contributed by atoms with Crippen LogP contribution in [-0.2, 0) is 9.53 Å². The third kappa shape index (κ3) is 9.94. The molecule has 0 unspecified atom stereocenters. The van der Waals surface area contributed by atoms with Crippen LogP contribution in [0.15, 0.2) is 35.6 Å². The molecule has 0 aliphatic carbocycles. The van der Waals surface area contributed by atoms with E-state index in [1.54, 1.807) is 6.08 Å². The van der Waals surface area contributed by atoms with E-state index >= 15 is 0 Å². The molecule has 1 amide bonds. The fraction of sp³-hybridized carbons (Fsp3) is 0.611. The van der Waals surface area contributed by atoms with E-state index in [0.29, 0.717) is 13.0 Å². The summed E-state index contributed by atoms with van der Waals surface area (Å²) in [5.41, 5.74) is 2.10. The fourth-order valence-electron chi connectivity index (χ4n) is 1.79. The number of ether oxygens (including phenoxy) is 1. The van der Waals surface area contributed by atoms with Gasteiger partial charge in [0, 0.05) is 6.04 Å². The smallest absolute Gasteiger partial charge is 0.224 e. The van der Waals surface area contributed by atoms with E-state index in [4.69, 9.17) is 4.74 Å². The first kappa shape index (κ1) is 19.5. The standard InChI is InChI=1S/C18H31NO2/c1-7-9-10-11-21-17(8-2)12-16(14(3)4)13-18(20)19-15(5)6/h8,12,15H,2,7,9-11,13H2,1,3-6H3,(H,19,20)/b17-12+. The second-order valence-electron chi connectivity index (χ2n) is 5.73. The Kier molecular flexibility index (Phi) is 10.4. The Balaban J connectivity index is 4.71. The van der Waals surface area contributed by atoms with Gasteiger partial charge in [-0.15, -0.1) is 0 Å². The number of hydrogen-bond donors (Lipinski definition) is 1. The van der Waals surface area contributed by atoms with Gasteiger partial charge in [-0.1, -0.05) is 31.9 Å². The third-order valence-electron chi connectivity index (χ3n) is 2.98. The topological polar surface area (TPSA) is 38.3 Å². The van der Waals surface area contributed by atoms with Crippen LogP contribution in [0.3, 0.4) is 0 Å². The first-order chi connectivity index (χ1) is 9.90. The zero-order valence-corrected chi connectivity index (χ0v) is 14.3. The lowest BCUT2D eigenvalue weighted by Crippen LogP contribution is -2.30. The Labute approximate surface area is 130 Å². The molecule has 3 nitrogen and oxygen atoms in total. The molecule has 1 N–H and O–H groups in total. The maximum absolute atomic E-state index is 11.9. The third-order valence-corrected chi connectivity index (χ3v) is 2.98. The van der Waals surface area contributed by atoms with Crippen molar-refractivity contribution in [2.75, 3.05) is 6.61 Å². The fourth-order valence-corrected chi connectivity index (χ4v) is 1.79. The molecular formula is C18H31NO2. The van der Waals surface area contributed by atoms with Crippen molar-refractivity contribution in [2.45, 2.75) is 66.3 Å². The normalized spacial score (nSPS) is 11.2. The van der Waals surface area contributed by atoms with Crippen molar-refractivity contribution in [3.8, 4) is 0 Å². The van der Waals surface area contributed by atoms with Gasteiger partial charge in [0.05, 0.1) is 13.0 Å². The average Bonchev–Trinajstić information content (AvgIpc) is 2.39. The van der Waals surface area contributed by atoms with Crippen LogP contribution in [0, 0.1) is 0 Å². The lowest BCUT2D eigenvalue weighted by molar-refractivity contribution is -0.120. The van der Waals surface area contributed by atoms with Gasteiger partial charge in [0.25, 0.3) is 0 Å². The number of rotatable bonds is 10. The summed E-state index contributed by atoms with van der Waals surface area (Å²) in [6.07, 6.45) is 7.38. The Morgan fingerprint density at radius 1 is 1.29 bits per heavy atom. The molecule has 0 aliphatic rings. The molecule has 0 saturated carbocycles. The number of carbonyl (C=O) groups excluding carboxylic acids is 1. The minimum absolute atomic E-state index is 0.0341. The molecule has 0 spiro atoms. The van der Waals surface area contributed by atoms with Crippen LogP contribution in [0.1, 0.15) is 60.3 Å². The monoisotopic (exact) mass is 293 g/mol. The molecule has 0 aromatic heterocycles. The summed E-state index contributed by atoms with van der Waals surface area (Å²) >= 11 is 0. The van der Waals surface area contributed by atoms with Crippen LogP contribution in [0.2, 0.25) is 0 Å². The number of nitrogens with one attached hydrogen (secondary N) is 1. The Morgan fingerprint density at radius 3 is 2.43 bits per heavy atom. The van der Waals surface area contributed by atoms with Crippen LogP contribution in [-0.4, -0.2) is 18.6 Å².